The first-order valence-electron chi connectivity index (χ1n) is 5.01. The summed E-state index contributed by atoms with van der Waals surface area (Å²) in [4.78, 5) is 11.1. The summed E-state index contributed by atoms with van der Waals surface area (Å²) >= 11 is 0. The maximum atomic E-state index is 11.1. The number of carboxylic acid groups (broad SMARTS) is 1. The Labute approximate surface area is 84.2 Å². The van der Waals surface area contributed by atoms with E-state index in [1.54, 1.807) is 7.11 Å². The Hall–Kier alpha value is -0.610. The monoisotopic (exact) mass is 202 g/mol. The molecule has 0 spiro atoms. The summed E-state index contributed by atoms with van der Waals surface area (Å²) in [6.45, 7) is 1.66. The fraction of sp³-hybridized carbons (Fsp3) is 0.900. The van der Waals surface area contributed by atoms with Crippen LogP contribution in [-0.4, -0.2) is 38.0 Å². The SMILES string of the molecule is COCCCCC1(C(=O)O)CCOC1. The van der Waals surface area contributed by atoms with Crippen LogP contribution in [0, 0.1) is 5.41 Å². The highest BCUT2D eigenvalue weighted by atomic mass is 16.5. The Morgan fingerprint density at radius 1 is 1.57 bits per heavy atom. The maximum Gasteiger partial charge on any atom is 0.312 e. The van der Waals surface area contributed by atoms with Crippen molar-refractivity contribution in [1.82, 2.24) is 0 Å². The third kappa shape index (κ3) is 2.69. The van der Waals surface area contributed by atoms with Crippen molar-refractivity contribution < 1.29 is 19.4 Å². The van der Waals surface area contributed by atoms with Crippen molar-refractivity contribution in [2.75, 3.05) is 26.9 Å². The van der Waals surface area contributed by atoms with Crippen molar-refractivity contribution in [2.45, 2.75) is 25.7 Å². The van der Waals surface area contributed by atoms with Crippen molar-refractivity contribution in [1.29, 1.82) is 0 Å². The van der Waals surface area contributed by atoms with Gasteiger partial charge in [-0.25, -0.2) is 0 Å². The topological polar surface area (TPSA) is 55.8 Å². The van der Waals surface area contributed by atoms with E-state index in [1.165, 1.54) is 0 Å². The lowest BCUT2D eigenvalue weighted by atomic mass is 9.82. The van der Waals surface area contributed by atoms with Crippen LogP contribution in [0.15, 0.2) is 0 Å². The van der Waals surface area contributed by atoms with Crippen LogP contribution in [-0.2, 0) is 14.3 Å². The number of rotatable bonds is 6. The first-order valence-corrected chi connectivity index (χ1v) is 5.01. The molecule has 82 valence electrons. The second kappa shape index (κ2) is 5.32. The largest absolute Gasteiger partial charge is 0.481 e. The molecule has 0 radical (unpaired) electrons. The Balaban J connectivity index is 2.33. The summed E-state index contributed by atoms with van der Waals surface area (Å²) in [5.41, 5.74) is -0.617. The molecule has 4 heteroatoms. The van der Waals surface area contributed by atoms with Crippen LogP contribution in [0.3, 0.4) is 0 Å². The second-order valence-electron chi connectivity index (χ2n) is 3.84. The molecule has 14 heavy (non-hydrogen) atoms. The third-order valence-electron chi connectivity index (χ3n) is 2.81. The van der Waals surface area contributed by atoms with E-state index in [0.717, 1.165) is 12.8 Å². The van der Waals surface area contributed by atoms with Crippen molar-refractivity contribution in [3.63, 3.8) is 0 Å². The molecule has 1 heterocycles. The smallest absolute Gasteiger partial charge is 0.312 e. The van der Waals surface area contributed by atoms with Crippen LogP contribution in [0.25, 0.3) is 0 Å². The van der Waals surface area contributed by atoms with Gasteiger partial charge in [0, 0.05) is 20.3 Å². The number of aliphatic carboxylic acids is 1. The van der Waals surface area contributed by atoms with Gasteiger partial charge in [-0.05, 0) is 25.7 Å². The van der Waals surface area contributed by atoms with Gasteiger partial charge in [0.2, 0.25) is 0 Å². The van der Waals surface area contributed by atoms with E-state index in [9.17, 15) is 4.79 Å². The van der Waals surface area contributed by atoms with Gasteiger partial charge >= 0.3 is 5.97 Å². The van der Waals surface area contributed by atoms with E-state index in [0.29, 0.717) is 32.7 Å². The molecule has 0 saturated carbocycles. The Bertz CT molecular complexity index is 185. The van der Waals surface area contributed by atoms with Crippen LogP contribution in [0.5, 0.6) is 0 Å². The molecule has 1 rings (SSSR count). The highest BCUT2D eigenvalue weighted by Crippen LogP contribution is 2.34. The van der Waals surface area contributed by atoms with Crippen molar-refractivity contribution in [2.24, 2.45) is 5.41 Å². The Kier molecular flexibility index (Phi) is 4.35. The number of hydrogen-bond donors (Lipinski definition) is 1. The Morgan fingerprint density at radius 2 is 2.36 bits per heavy atom. The molecule has 1 aliphatic rings. The molecule has 1 unspecified atom stereocenters. The van der Waals surface area contributed by atoms with E-state index in [-0.39, 0.29) is 0 Å². The van der Waals surface area contributed by atoms with Crippen LogP contribution in [0.2, 0.25) is 0 Å². The summed E-state index contributed by atoms with van der Waals surface area (Å²) in [6.07, 6.45) is 3.16. The average molecular weight is 202 g/mol. The molecule has 0 aliphatic carbocycles. The zero-order chi connectivity index (χ0) is 10.4. The third-order valence-corrected chi connectivity index (χ3v) is 2.81. The predicted octanol–water partition coefficient (Wildman–Crippen LogP) is 1.29. The van der Waals surface area contributed by atoms with Crippen molar-refractivity contribution in [3.05, 3.63) is 0 Å². The number of unbranched alkanes of at least 4 members (excludes halogenated alkanes) is 1. The molecular formula is C10H18O4. The highest BCUT2D eigenvalue weighted by molar-refractivity contribution is 5.75. The van der Waals surface area contributed by atoms with E-state index < -0.39 is 11.4 Å². The molecule has 1 aliphatic heterocycles. The van der Waals surface area contributed by atoms with Crippen LogP contribution in [0.4, 0.5) is 0 Å². The molecule has 4 nitrogen and oxygen atoms in total. The van der Waals surface area contributed by atoms with Crippen LogP contribution >= 0.6 is 0 Å². The quantitative estimate of drug-likeness (QED) is 0.659. The van der Waals surface area contributed by atoms with E-state index >= 15 is 0 Å². The zero-order valence-corrected chi connectivity index (χ0v) is 8.62. The lowest BCUT2D eigenvalue weighted by molar-refractivity contribution is -0.149. The van der Waals surface area contributed by atoms with Gasteiger partial charge in [0.25, 0.3) is 0 Å². The Morgan fingerprint density at radius 3 is 2.86 bits per heavy atom. The van der Waals surface area contributed by atoms with Gasteiger partial charge in [-0.2, -0.15) is 0 Å². The predicted molar refractivity (Wildman–Crippen MR) is 51.2 cm³/mol. The molecule has 0 aromatic carbocycles. The minimum absolute atomic E-state index is 0.370. The van der Waals surface area contributed by atoms with E-state index in [1.807, 2.05) is 0 Å². The first kappa shape index (κ1) is 11.5. The standard InChI is InChI=1S/C10H18O4/c1-13-6-3-2-4-10(9(11)12)5-7-14-8-10/h2-8H2,1H3,(H,11,12). The number of carbonyl (C=O) groups is 1. The van der Waals surface area contributed by atoms with Crippen molar-refractivity contribution in [3.8, 4) is 0 Å². The summed E-state index contributed by atoms with van der Waals surface area (Å²) in [5, 5.41) is 9.11. The fourth-order valence-corrected chi connectivity index (χ4v) is 1.79. The molecule has 1 atom stereocenters. The average Bonchev–Trinajstić information content (AvgIpc) is 2.62. The first-order chi connectivity index (χ1) is 6.71. The highest BCUT2D eigenvalue weighted by Gasteiger charge is 2.41. The molecule has 1 saturated heterocycles. The van der Waals surface area contributed by atoms with Gasteiger partial charge in [0.05, 0.1) is 12.0 Å². The minimum Gasteiger partial charge on any atom is -0.481 e. The van der Waals surface area contributed by atoms with Crippen LogP contribution in [0.1, 0.15) is 25.7 Å². The fourth-order valence-electron chi connectivity index (χ4n) is 1.79. The summed E-state index contributed by atoms with van der Waals surface area (Å²) < 4.78 is 10.1. The number of hydrogen-bond acceptors (Lipinski definition) is 3. The van der Waals surface area contributed by atoms with Gasteiger partial charge in [0.1, 0.15) is 0 Å². The lowest BCUT2D eigenvalue weighted by Gasteiger charge is -2.21. The summed E-state index contributed by atoms with van der Waals surface area (Å²) in [5.74, 6) is -0.715. The van der Waals surface area contributed by atoms with E-state index in [2.05, 4.69) is 0 Å². The normalized spacial score (nSPS) is 26.6. The van der Waals surface area contributed by atoms with Gasteiger partial charge < -0.3 is 14.6 Å². The summed E-state index contributed by atoms with van der Waals surface area (Å²) in [6, 6.07) is 0. The molecule has 0 amide bonds. The summed E-state index contributed by atoms with van der Waals surface area (Å²) in [7, 11) is 1.66. The number of ether oxygens (including phenoxy) is 2. The molecule has 1 N–H and O–H groups in total. The molecule has 0 aromatic rings. The number of carboxylic acids is 1. The van der Waals surface area contributed by atoms with Gasteiger partial charge in [-0.1, -0.05) is 0 Å². The number of methoxy groups -OCH3 is 1. The molecule has 0 bridgehead atoms. The lowest BCUT2D eigenvalue weighted by Crippen LogP contribution is -2.31. The second-order valence-corrected chi connectivity index (χ2v) is 3.84. The molecule has 1 fully saturated rings. The van der Waals surface area contributed by atoms with E-state index in [4.69, 9.17) is 14.6 Å². The molecular weight excluding hydrogens is 184 g/mol. The maximum absolute atomic E-state index is 11.1. The molecule has 0 aromatic heterocycles. The van der Waals surface area contributed by atoms with Crippen molar-refractivity contribution >= 4 is 5.97 Å². The van der Waals surface area contributed by atoms with Gasteiger partial charge in [-0.3, -0.25) is 4.79 Å². The minimum atomic E-state index is -0.715. The van der Waals surface area contributed by atoms with Crippen LogP contribution < -0.4 is 0 Å². The zero-order valence-electron chi connectivity index (χ0n) is 8.62. The van der Waals surface area contributed by atoms with Gasteiger partial charge in [0.15, 0.2) is 0 Å². The van der Waals surface area contributed by atoms with Gasteiger partial charge in [-0.15, -0.1) is 0 Å².